The summed E-state index contributed by atoms with van der Waals surface area (Å²) in [6.45, 7) is 1.68. The van der Waals surface area contributed by atoms with Crippen LogP contribution in [0.5, 0.6) is 0 Å². The average Bonchev–Trinajstić information content (AvgIpc) is 3.16. The molecule has 0 fully saturated rings. The van der Waals surface area contributed by atoms with Gasteiger partial charge in [-0.2, -0.15) is 0 Å². The van der Waals surface area contributed by atoms with Crippen molar-refractivity contribution in [2.24, 2.45) is 0 Å². The number of nitrogens with one attached hydrogen (secondary N) is 1. The molecule has 5 nitrogen and oxygen atoms in total. The molecule has 0 atom stereocenters. The SMILES string of the molecule is O=S(=O)(c1ccccc1)n1cc(C2=CCNCC2)c2ccc3ncccc3c21. The fraction of sp³-hybridized carbons (Fsp3) is 0.136. The first-order valence-corrected chi connectivity index (χ1v) is 10.7. The van der Waals surface area contributed by atoms with E-state index in [0.29, 0.717) is 5.52 Å². The molecule has 0 amide bonds. The summed E-state index contributed by atoms with van der Waals surface area (Å²) < 4.78 is 28.4. The molecule has 140 valence electrons. The molecule has 1 aliphatic heterocycles. The van der Waals surface area contributed by atoms with Gasteiger partial charge in [0.2, 0.25) is 0 Å². The van der Waals surface area contributed by atoms with E-state index in [2.05, 4.69) is 16.4 Å². The molecule has 0 saturated carbocycles. The summed E-state index contributed by atoms with van der Waals surface area (Å²) in [5.74, 6) is 0. The van der Waals surface area contributed by atoms with Gasteiger partial charge in [-0.25, -0.2) is 12.4 Å². The highest BCUT2D eigenvalue weighted by molar-refractivity contribution is 7.90. The lowest BCUT2D eigenvalue weighted by Crippen LogP contribution is -2.20. The molecule has 0 saturated heterocycles. The van der Waals surface area contributed by atoms with E-state index in [-0.39, 0.29) is 4.90 Å². The maximum absolute atomic E-state index is 13.5. The van der Waals surface area contributed by atoms with E-state index in [9.17, 15) is 8.42 Å². The Morgan fingerprint density at radius 1 is 0.964 bits per heavy atom. The Kier molecular flexibility index (Phi) is 4.03. The van der Waals surface area contributed by atoms with E-state index < -0.39 is 10.0 Å². The van der Waals surface area contributed by atoms with Crippen molar-refractivity contribution in [3.63, 3.8) is 0 Å². The third-order valence-corrected chi connectivity index (χ3v) is 6.90. The Morgan fingerprint density at radius 3 is 2.61 bits per heavy atom. The van der Waals surface area contributed by atoms with Crippen LogP contribution in [0.1, 0.15) is 12.0 Å². The van der Waals surface area contributed by atoms with Gasteiger partial charge in [0.1, 0.15) is 0 Å². The van der Waals surface area contributed by atoms with Gasteiger partial charge in [-0.15, -0.1) is 0 Å². The van der Waals surface area contributed by atoms with Crippen molar-refractivity contribution in [2.75, 3.05) is 13.1 Å². The molecule has 0 radical (unpaired) electrons. The summed E-state index contributed by atoms with van der Waals surface area (Å²) in [6.07, 6.45) is 6.51. The number of hydrogen-bond donors (Lipinski definition) is 1. The van der Waals surface area contributed by atoms with Crippen LogP contribution in [0.15, 0.2) is 78.0 Å². The van der Waals surface area contributed by atoms with E-state index in [1.165, 1.54) is 9.55 Å². The van der Waals surface area contributed by atoms with Gasteiger partial charge in [0, 0.05) is 35.3 Å². The maximum atomic E-state index is 13.5. The van der Waals surface area contributed by atoms with Crippen LogP contribution in [0.25, 0.3) is 27.4 Å². The van der Waals surface area contributed by atoms with Gasteiger partial charge in [-0.05, 0) is 54.9 Å². The van der Waals surface area contributed by atoms with Gasteiger partial charge in [-0.1, -0.05) is 24.3 Å². The van der Waals surface area contributed by atoms with Crippen LogP contribution in [-0.2, 0) is 10.0 Å². The van der Waals surface area contributed by atoms with Crippen LogP contribution >= 0.6 is 0 Å². The summed E-state index contributed by atoms with van der Waals surface area (Å²) >= 11 is 0. The number of fused-ring (bicyclic) bond motifs is 3. The predicted octanol–water partition coefficient (Wildman–Crippen LogP) is 3.80. The highest BCUT2D eigenvalue weighted by Gasteiger charge is 2.24. The summed E-state index contributed by atoms with van der Waals surface area (Å²) in [7, 11) is -3.73. The molecular weight excluding hydrogens is 370 g/mol. The minimum atomic E-state index is -3.73. The van der Waals surface area contributed by atoms with Crippen LogP contribution in [0.2, 0.25) is 0 Å². The van der Waals surface area contributed by atoms with Crippen molar-refractivity contribution < 1.29 is 8.42 Å². The molecule has 5 rings (SSSR count). The highest BCUT2D eigenvalue weighted by Crippen LogP contribution is 2.35. The highest BCUT2D eigenvalue weighted by atomic mass is 32.2. The lowest BCUT2D eigenvalue weighted by atomic mass is 9.99. The van der Waals surface area contributed by atoms with Gasteiger partial charge >= 0.3 is 0 Å². The molecule has 28 heavy (non-hydrogen) atoms. The fourth-order valence-corrected chi connectivity index (χ4v) is 5.27. The number of hydrogen-bond acceptors (Lipinski definition) is 4. The van der Waals surface area contributed by atoms with Crippen LogP contribution in [0.4, 0.5) is 0 Å². The Bertz CT molecular complexity index is 1320. The number of aromatic nitrogens is 2. The van der Waals surface area contributed by atoms with E-state index in [1.807, 2.05) is 30.3 Å². The predicted molar refractivity (Wildman–Crippen MR) is 112 cm³/mol. The molecule has 0 spiro atoms. The second-order valence-corrected chi connectivity index (χ2v) is 8.69. The van der Waals surface area contributed by atoms with Crippen LogP contribution in [0, 0.1) is 0 Å². The Morgan fingerprint density at radius 2 is 1.82 bits per heavy atom. The number of pyridine rings is 1. The zero-order valence-corrected chi connectivity index (χ0v) is 16.0. The van der Waals surface area contributed by atoms with Crippen molar-refractivity contribution in [1.82, 2.24) is 14.3 Å². The minimum absolute atomic E-state index is 0.277. The average molecular weight is 389 g/mol. The molecule has 2 aromatic carbocycles. The molecular formula is C22H19N3O2S. The number of rotatable bonds is 3. The fourth-order valence-electron chi connectivity index (χ4n) is 3.86. The van der Waals surface area contributed by atoms with Gasteiger partial charge in [0.25, 0.3) is 10.0 Å². The van der Waals surface area contributed by atoms with E-state index >= 15 is 0 Å². The minimum Gasteiger partial charge on any atom is -0.313 e. The lowest BCUT2D eigenvalue weighted by molar-refractivity contribution is 0.589. The number of nitrogens with zero attached hydrogens (tertiary/aromatic N) is 2. The maximum Gasteiger partial charge on any atom is 0.268 e. The zero-order chi connectivity index (χ0) is 19.1. The van der Waals surface area contributed by atoms with Gasteiger partial charge in [-0.3, -0.25) is 4.98 Å². The summed E-state index contributed by atoms with van der Waals surface area (Å²) in [4.78, 5) is 4.69. The van der Waals surface area contributed by atoms with Gasteiger partial charge in [0.05, 0.1) is 15.9 Å². The standard InChI is InChI=1S/C22H19N3O2S/c26-28(27,17-5-2-1-3-6-17)25-15-20(16-10-13-23-14-11-16)18-8-9-21-19(22(18)25)7-4-12-24-21/h1-10,12,15,23H,11,13-14H2. The molecule has 0 aliphatic carbocycles. The van der Waals surface area contributed by atoms with Crippen molar-refractivity contribution in [3.05, 3.63) is 78.6 Å². The zero-order valence-electron chi connectivity index (χ0n) is 15.2. The molecule has 2 aromatic heterocycles. The van der Waals surface area contributed by atoms with Crippen LogP contribution in [0.3, 0.4) is 0 Å². The molecule has 3 heterocycles. The molecule has 1 aliphatic rings. The van der Waals surface area contributed by atoms with Crippen molar-refractivity contribution in [2.45, 2.75) is 11.3 Å². The first-order valence-electron chi connectivity index (χ1n) is 9.26. The Labute approximate surface area is 163 Å². The first-order chi connectivity index (χ1) is 13.7. The Balaban J connectivity index is 1.88. The second-order valence-electron chi connectivity index (χ2n) is 6.87. The summed E-state index contributed by atoms with van der Waals surface area (Å²) in [5.41, 5.74) is 3.61. The van der Waals surface area contributed by atoms with Crippen molar-refractivity contribution >= 4 is 37.4 Å². The molecule has 0 unspecified atom stereocenters. The van der Waals surface area contributed by atoms with Gasteiger partial charge in [0.15, 0.2) is 0 Å². The molecule has 4 aromatic rings. The third kappa shape index (κ3) is 2.65. The summed E-state index contributed by atoms with van der Waals surface area (Å²) in [5, 5.41) is 5.09. The number of benzene rings is 2. The normalized spacial score (nSPS) is 15.1. The molecule has 6 heteroatoms. The Hall–Kier alpha value is -2.96. The third-order valence-electron chi connectivity index (χ3n) is 5.22. The van der Waals surface area contributed by atoms with Crippen molar-refractivity contribution in [3.8, 4) is 0 Å². The quantitative estimate of drug-likeness (QED) is 0.579. The molecule has 1 N–H and O–H groups in total. The summed E-state index contributed by atoms with van der Waals surface area (Å²) in [6, 6.07) is 16.3. The van der Waals surface area contributed by atoms with Crippen LogP contribution < -0.4 is 5.32 Å². The smallest absolute Gasteiger partial charge is 0.268 e. The van der Waals surface area contributed by atoms with E-state index in [4.69, 9.17) is 0 Å². The molecule has 0 bridgehead atoms. The van der Waals surface area contributed by atoms with E-state index in [0.717, 1.165) is 41.4 Å². The van der Waals surface area contributed by atoms with Crippen LogP contribution in [-0.4, -0.2) is 30.5 Å². The second kappa shape index (κ2) is 6.58. The monoisotopic (exact) mass is 389 g/mol. The van der Waals surface area contributed by atoms with Crippen molar-refractivity contribution in [1.29, 1.82) is 0 Å². The van der Waals surface area contributed by atoms with Gasteiger partial charge < -0.3 is 5.32 Å². The lowest BCUT2D eigenvalue weighted by Gasteiger charge is -2.13. The first kappa shape index (κ1) is 17.2. The largest absolute Gasteiger partial charge is 0.313 e. The van der Waals surface area contributed by atoms with E-state index in [1.54, 1.807) is 36.7 Å². The topological polar surface area (TPSA) is 64.0 Å².